The van der Waals surface area contributed by atoms with E-state index in [-0.39, 0.29) is 19.0 Å². The first-order valence-electron chi connectivity index (χ1n) is 4.85. The number of likely N-dealkylation sites (tertiary alicyclic amines) is 1. The molecule has 0 spiro atoms. The van der Waals surface area contributed by atoms with Gasteiger partial charge in [-0.25, -0.2) is 0 Å². The molecule has 1 amide bonds. The van der Waals surface area contributed by atoms with Crippen LogP contribution in [-0.4, -0.2) is 71.5 Å². The average Bonchev–Trinajstić information content (AvgIpc) is 2.54. The van der Waals surface area contributed by atoms with E-state index < -0.39 is 12.2 Å². The second kappa shape index (κ2) is 6.32. The third-order valence-electron chi connectivity index (χ3n) is 2.27. The Morgan fingerprint density at radius 3 is 2.60 bits per heavy atom. The number of amides is 1. The number of carbonyl (C=O) groups excluding carboxylic acids is 1. The van der Waals surface area contributed by atoms with E-state index >= 15 is 0 Å². The highest BCUT2D eigenvalue weighted by Crippen LogP contribution is 2.12. The maximum atomic E-state index is 11.5. The van der Waals surface area contributed by atoms with Crippen LogP contribution in [0.1, 0.15) is 0 Å². The minimum atomic E-state index is -0.794. The minimum Gasteiger partial charge on any atom is -0.388 e. The van der Waals surface area contributed by atoms with Crippen molar-refractivity contribution < 1.29 is 19.7 Å². The van der Waals surface area contributed by atoms with Crippen molar-refractivity contribution >= 4 is 17.7 Å². The van der Waals surface area contributed by atoms with Crippen LogP contribution < -0.4 is 0 Å². The topological polar surface area (TPSA) is 70.0 Å². The highest BCUT2D eigenvalue weighted by molar-refractivity contribution is 7.99. The fourth-order valence-electron chi connectivity index (χ4n) is 1.37. The molecule has 2 atom stereocenters. The van der Waals surface area contributed by atoms with Gasteiger partial charge in [-0.2, -0.15) is 0 Å². The lowest BCUT2D eigenvalue weighted by Gasteiger charge is -2.14. The summed E-state index contributed by atoms with van der Waals surface area (Å²) in [7, 11) is 1.62. The van der Waals surface area contributed by atoms with Gasteiger partial charge in [0, 0.05) is 26.0 Å². The molecule has 0 saturated carbocycles. The summed E-state index contributed by atoms with van der Waals surface area (Å²) in [5.41, 5.74) is 0. The van der Waals surface area contributed by atoms with Gasteiger partial charge >= 0.3 is 0 Å². The number of nitrogens with zero attached hydrogens (tertiary/aromatic N) is 1. The fraction of sp³-hybridized carbons (Fsp3) is 0.889. The largest absolute Gasteiger partial charge is 0.388 e. The smallest absolute Gasteiger partial charge is 0.232 e. The van der Waals surface area contributed by atoms with E-state index in [4.69, 9.17) is 4.74 Å². The second-order valence-electron chi connectivity index (χ2n) is 3.48. The molecule has 1 rings (SSSR count). The zero-order chi connectivity index (χ0) is 11.3. The number of carbonyl (C=O) groups is 1. The van der Waals surface area contributed by atoms with Crippen LogP contribution in [0.3, 0.4) is 0 Å². The second-order valence-corrected chi connectivity index (χ2v) is 4.58. The number of thioether (sulfide) groups is 1. The van der Waals surface area contributed by atoms with Crippen LogP contribution in [0.5, 0.6) is 0 Å². The van der Waals surface area contributed by atoms with E-state index in [2.05, 4.69) is 0 Å². The Labute approximate surface area is 93.4 Å². The molecule has 88 valence electrons. The molecule has 2 N–H and O–H groups in total. The summed E-state index contributed by atoms with van der Waals surface area (Å²) in [5, 5.41) is 18.5. The first kappa shape index (κ1) is 12.8. The normalized spacial score (nSPS) is 25.9. The van der Waals surface area contributed by atoms with Crippen LogP contribution in [-0.2, 0) is 9.53 Å². The van der Waals surface area contributed by atoms with Gasteiger partial charge in [0.05, 0.1) is 24.6 Å². The molecule has 6 heteroatoms. The van der Waals surface area contributed by atoms with Crippen LogP contribution >= 0.6 is 11.8 Å². The Balaban J connectivity index is 2.18. The highest BCUT2D eigenvalue weighted by Gasteiger charge is 2.31. The number of hydrogen-bond donors (Lipinski definition) is 2. The fourth-order valence-corrected chi connectivity index (χ4v) is 2.15. The Bertz CT molecular complexity index is 204. The van der Waals surface area contributed by atoms with Gasteiger partial charge in [-0.3, -0.25) is 4.79 Å². The van der Waals surface area contributed by atoms with Crippen molar-refractivity contribution in [2.45, 2.75) is 12.2 Å². The molecule has 0 bridgehead atoms. The predicted molar refractivity (Wildman–Crippen MR) is 57.8 cm³/mol. The maximum absolute atomic E-state index is 11.5. The number of methoxy groups -OCH3 is 1. The lowest BCUT2D eigenvalue weighted by molar-refractivity contribution is -0.127. The third kappa shape index (κ3) is 3.98. The van der Waals surface area contributed by atoms with E-state index in [9.17, 15) is 15.0 Å². The molecule has 0 aromatic rings. The Morgan fingerprint density at radius 1 is 1.47 bits per heavy atom. The molecular formula is C9H17NO4S. The molecule has 0 aromatic carbocycles. The van der Waals surface area contributed by atoms with Gasteiger partial charge < -0.3 is 19.8 Å². The predicted octanol–water partition coefficient (Wildman–Crippen LogP) is -1.07. The van der Waals surface area contributed by atoms with Crippen LogP contribution in [0.15, 0.2) is 0 Å². The first-order chi connectivity index (χ1) is 7.15. The van der Waals surface area contributed by atoms with Crippen LogP contribution in [0.4, 0.5) is 0 Å². The summed E-state index contributed by atoms with van der Waals surface area (Å²) >= 11 is 1.50. The number of hydrogen-bond acceptors (Lipinski definition) is 5. The Morgan fingerprint density at radius 2 is 2.07 bits per heavy atom. The minimum absolute atomic E-state index is 0.0355. The van der Waals surface area contributed by atoms with Gasteiger partial charge in [0.25, 0.3) is 0 Å². The number of rotatable bonds is 5. The number of aliphatic hydroxyl groups excluding tert-OH is 2. The molecule has 1 fully saturated rings. The molecule has 1 saturated heterocycles. The highest BCUT2D eigenvalue weighted by atomic mass is 32.2. The van der Waals surface area contributed by atoms with Crippen molar-refractivity contribution in [3.63, 3.8) is 0 Å². The monoisotopic (exact) mass is 235 g/mol. The lowest BCUT2D eigenvalue weighted by Crippen LogP contribution is -2.31. The number of ether oxygens (including phenoxy) is 1. The SMILES string of the molecule is COCCSCC(=O)N1C[C@@H](O)[C@@H](O)C1. The molecule has 15 heavy (non-hydrogen) atoms. The first-order valence-corrected chi connectivity index (χ1v) is 6.01. The van der Waals surface area contributed by atoms with E-state index in [0.29, 0.717) is 12.4 Å². The zero-order valence-corrected chi connectivity index (χ0v) is 9.57. The number of aliphatic hydroxyl groups is 2. The summed E-state index contributed by atoms with van der Waals surface area (Å²) in [4.78, 5) is 13.0. The van der Waals surface area contributed by atoms with Crippen molar-refractivity contribution in [1.82, 2.24) is 4.90 Å². The molecular weight excluding hydrogens is 218 g/mol. The summed E-state index contributed by atoms with van der Waals surface area (Å²) in [6.07, 6.45) is -1.59. The lowest BCUT2D eigenvalue weighted by atomic mass is 10.3. The quantitative estimate of drug-likeness (QED) is 0.594. The van der Waals surface area contributed by atoms with Crippen molar-refractivity contribution in [1.29, 1.82) is 0 Å². The van der Waals surface area contributed by atoms with Crippen LogP contribution in [0.25, 0.3) is 0 Å². The third-order valence-corrected chi connectivity index (χ3v) is 3.18. The van der Waals surface area contributed by atoms with E-state index in [1.807, 2.05) is 0 Å². The Kier molecular flexibility index (Phi) is 5.38. The van der Waals surface area contributed by atoms with E-state index in [1.54, 1.807) is 7.11 Å². The van der Waals surface area contributed by atoms with Gasteiger partial charge in [-0.1, -0.05) is 0 Å². The molecule has 1 aliphatic heterocycles. The Hall–Kier alpha value is -0.300. The van der Waals surface area contributed by atoms with Crippen molar-refractivity contribution in [2.75, 3.05) is 38.3 Å². The van der Waals surface area contributed by atoms with E-state index in [1.165, 1.54) is 16.7 Å². The van der Waals surface area contributed by atoms with Crippen LogP contribution in [0, 0.1) is 0 Å². The zero-order valence-electron chi connectivity index (χ0n) is 8.76. The van der Waals surface area contributed by atoms with E-state index in [0.717, 1.165) is 5.75 Å². The average molecular weight is 235 g/mol. The summed E-state index contributed by atoms with van der Waals surface area (Å²) in [5.74, 6) is 1.12. The van der Waals surface area contributed by atoms with Crippen molar-refractivity contribution in [2.24, 2.45) is 0 Å². The van der Waals surface area contributed by atoms with Gasteiger partial charge in [0.1, 0.15) is 0 Å². The molecule has 0 aliphatic carbocycles. The van der Waals surface area contributed by atoms with Crippen LogP contribution in [0.2, 0.25) is 0 Å². The van der Waals surface area contributed by atoms with Gasteiger partial charge in [0.15, 0.2) is 0 Å². The van der Waals surface area contributed by atoms with Gasteiger partial charge in [0.2, 0.25) is 5.91 Å². The standard InChI is InChI=1S/C9H17NO4S/c1-14-2-3-15-6-9(13)10-4-7(11)8(12)5-10/h7-8,11-12H,2-6H2,1H3/t7-,8+. The molecule has 1 heterocycles. The molecule has 0 radical (unpaired) electrons. The molecule has 0 unspecified atom stereocenters. The molecule has 1 aliphatic rings. The van der Waals surface area contributed by atoms with Crippen molar-refractivity contribution in [3.8, 4) is 0 Å². The van der Waals surface area contributed by atoms with Gasteiger partial charge in [-0.15, -0.1) is 11.8 Å². The molecule has 5 nitrogen and oxygen atoms in total. The summed E-state index contributed by atoms with van der Waals surface area (Å²) in [6.45, 7) is 1.11. The number of β-amino-alcohol motifs (C(OH)–C–C–N with tert-alkyl or cyclic N) is 2. The summed E-state index contributed by atoms with van der Waals surface area (Å²) < 4.78 is 4.86. The maximum Gasteiger partial charge on any atom is 0.232 e. The summed E-state index contributed by atoms with van der Waals surface area (Å²) in [6, 6.07) is 0. The van der Waals surface area contributed by atoms with Gasteiger partial charge in [-0.05, 0) is 0 Å². The van der Waals surface area contributed by atoms with Crippen molar-refractivity contribution in [3.05, 3.63) is 0 Å². The molecule has 0 aromatic heterocycles.